The zero-order valence-electron chi connectivity index (χ0n) is 7.16. The molecule has 12 heavy (non-hydrogen) atoms. The molecule has 0 saturated carbocycles. The van der Waals surface area contributed by atoms with Crippen LogP contribution < -0.4 is 0 Å². The lowest BCUT2D eigenvalue weighted by Gasteiger charge is -2.14. The number of carbonyl (C=O) groups excluding carboxylic acids is 1. The molecular weight excluding hydrogens is 176 g/mol. The number of esters is 1. The van der Waals surface area contributed by atoms with Gasteiger partial charge in [-0.05, 0) is 6.42 Å². The Morgan fingerprint density at radius 1 is 1.67 bits per heavy atom. The first-order valence-electron chi connectivity index (χ1n) is 4.19. The number of hydrogen-bond donors (Lipinski definition) is 1. The highest BCUT2D eigenvalue weighted by Gasteiger charge is 2.28. The van der Waals surface area contributed by atoms with Gasteiger partial charge in [-0.1, -0.05) is 6.92 Å². The SMILES string of the molecule is CCCC(=O)OC1CSCC1O. The van der Waals surface area contributed by atoms with E-state index in [0.717, 1.165) is 12.2 Å². The average molecular weight is 190 g/mol. The minimum absolute atomic E-state index is 0.191. The monoisotopic (exact) mass is 190 g/mol. The van der Waals surface area contributed by atoms with Crippen LogP contribution in [0, 0.1) is 0 Å². The standard InChI is InChI=1S/C8H14O3S/c1-2-3-8(10)11-7-5-12-4-6(7)9/h6-7,9H,2-5H2,1H3. The Labute approximate surface area is 76.5 Å². The maximum atomic E-state index is 11.0. The molecule has 1 heterocycles. The first-order valence-corrected chi connectivity index (χ1v) is 5.34. The summed E-state index contributed by atoms with van der Waals surface area (Å²) in [5.74, 6) is 1.23. The first-order chi connectivity index (χ1) is 5.74. The number of rotatable bonds is 3. The van der Waals surface area contributed by atoms with Gasteiger partial charge >= 0.3 is 5.97 Å². The summed E-state index contributed by atoms with van der Waals surface area (Å²) < 4.78 is 5.05. The molecule has 2 atom stereocenters. The molecule has 0 bridgehead atoms. The van der Waals surface area contributed by atoms with Crippen molar-refractivity contribution in [1.82, 2.24) is 0 Å². The van der Waals surface area contributed by atoms with E-state index in [1.54, 1.807) is 11.8 Å². The third-order valence-corrected chi connectivity index (χ3v) is 2.88. The molecule has 70 valence electrons. The zero-order chi connectivity index (χ0) is 8.97. The van der Waals surface area contributed by atoms with Crippen LogP contribution in [0.2, 0.25) is 0 Å². The van der Waals surface area contributed by atoms with E-state index in [0.29, 0.717) is 12.2 Å². The number of aliphatic hydroxyl groups is 1. The lowest BCUT2D eigenvalue weighted by atomic mass is 10.2. The summed E-state index contributed by atoms with van der Waals surface area (Å²) >= 11 is 1.62. The van der Waals surface area contributed by atoms with Crippen LogP contribution >= 0.6 is 11.8 Å². The van der Waals surface area contributed by atoms with Gasteiger partial charge in [-0.25, -0.2) is 0 Å². The molecule has 1 aliphatic rings. The van der Waals surface area contributed by atoms with Crippen molar-refractivity contribution in [1.29, 1.82) is 0 Å². The number of ether oxygens (including phenoxy) is 1. The smallest absolute Gasteiger partial charge is 0.306 e. The van der Waals surface area contributed by atoms with Gasteiger partial charge in [0.2, 0.25) is 0 Å². The van der Waals surface area contributed by atoms with E-state index in [9.17, 15) is 9.90 Å². The number of hydrogen-bond acceptors (Lipinski definition) is 4. The Kier molecular flexibility index (Phi) is 3.88. The number of carbonyl (C=O) groups is 1. The Hall–Kier alpha value is -0.220. The first kappa shape index (κ1) is 9.86. The van der Waals surface area contributed by atoms with Crippen LogP contribution in [-0.4, -0.2) is 34.8 Å². The van der Waals surface area contributed by atoms with Crippen molar-refractivity contribution >= 4 is 17.7 Å². The summed E-state index contributed by atoms with van der Waals surface area (Å²) in [4.78, 5) is 11.0. The molecule has 0 radical (unpaired) electrons. The minimum atomic E-state index is -0.462. The summed E-state index contributed by atoms with van der Waals surface area (Å²) in [6.07, 6.45) is 0.521. The molecule has 1 fully saturated rings. The quantitative estimate of drug-likeness (QED) is 0.669. The van der Waals surface area contributed by atoms with Crippen molar-refractivity contribution in [2.75, 3.05) is 11.5 Å². The predicted octanol–water partition coefficient (Wildman–Crippen LogP) is 0.806. The van der Waals surface area contributed by atoms with Crippen LogP contribution in [0.15, 0.2) is 0 Å². The van der Waals surface area contributed by atoms with E-state index < -0.39 is 6.10 Å². The predicted molar refractivity (Wildman–Crippen MR) is 48.1 cm³/mol. The fourth-order valence-corrected chi connectivity index (χ4v) is 2.18. The van der Waals surface area contributed by atoms with Gasteiger partial charge in [0.15, 0.2) is 0 Å². The lowest BCUT2D eigenvalue weighted by Crippen LogP contribution is -2.29. The average Bonchev–Trinajstić information content (AvgIpc) is 2.37. The summed E-state index contributed by atoms with van der Waals surface area (Å²) in [6, 6.07) is 0. The molecular formula is C8H14O3S. The molecule has 3 nitrogen and oxygen atoms in total. The van der Waals surface area contributed by atoms with Crippen LogP contribution in [0.1, 0.15) is 19.8 Å². The Balaban J connectivity index is 2.25. The maximum Gasteiger partial charge on any atom is 0.306 e. The van der Waals surface area contributed by atoms with Crippen molar-refractivity contribution in [3.8, 4) is 0 Å². The van der Waals surface area contributed by atoms with Crippen molar-refractivity contribution < 1.29 is 14.6 Å². The summed E-state index contributed by atoms with van der Waals surface area (Å²) in [7, 11) is 0. The van der Waals surface area contributed by atoms with Crippen molar-refractivity contribution in [2.45, 2.75) is 32.0 Å². The Morgan fingerprint density at radius 3 is 2.92 bits per heavy atom. The highest BCUT2D eigenvalue weighted by atomic mass is 32.2. The molecule has 1 aliphatic heterocycles. The zero-order valence-corrected chi connectivity index (χ0v) is 7.97. The molecule has 2 unspecified atom stereocenters. The van der Waals surface area contributed by atoms with Crippen molar-refractivity contribution in [2.24, 2.45) is 0 Å². The van der Waals surface area contributed by atoms with E-state index >= 15 is 0 Å². The van der Waals surface area contributed by atoms with Crippen LogP contribution in [0.5, 0.6) is 0 Å². The Bertz CT molecular complexity index is 160. The number of thioether (sulfide) groups is 1. The highest BCUT2D eigenvalue weighted by molar-refractivity contribution is 7.99. The molecule has 0 aliphatic carbocycles. The summed E-state index contributed by atoms with van der Waals surface area (Å²) in [5.41, 5.74) is 0. The normalized spacial score (nSPS) is 28.8. The van der Waals surface area contributed by atoms with Crippen LogP contribution in [0.25, 0.3) is 0 Å². The molecule has 4 heteroatoms. The second kappa shape index (κ2) is 4.72. The van der Waals surface area contributed by atoms with E-state index in [1.165, 1.54) is 0 Å². The number of aliphatic hydroxyl groups excluding tert-OH is 1. The molecule has 0 spiro atoms. The molecule has 1 saturated heterocycles. The Morgan fingerprint density at radius 2 is 2.42 bits per heavy atom. The second-order valence-electron chi connectivity index (χ2n) is 2.88. The summed E-state index contributed by atoms with van der Waals surface area (Å²) in [5, 5.41) is 9.31. The van der Waals surface area contributed by atoms with E-state index in [1.807, 2.05) is 6.92 Å². The van der Waals surface area contributed by atoms with E-state index in [-0.39, 0.29) is 12.1 Å². The topological polar surface area (TPSA) is 46.5 Å². The minimum Gasteiger partial charge on any atom is -0.459 e. The third-order valence-electron chi connectivity index (χ3n) is 1.74. The van der Waals surface area contributed by atoms with Crippen LogP contribution in [-0.2, 0) is 9.53 Å². The largest absolute Gasteiger partial charge is 0.459 e. The molecule has 0 aromatic carbocycles. The van der Waals surface area contributed by atoms with Gasteiger partial charge in [0.1, 0.15) is 12.2 Å². The van der Waals surface area contributed by atoms with Gasteiger partial charge in [0.05, 0.1) is 0 Å². The molecule has 0 amide bonds. The second-order valence-corrected chi connectivity index (χ2v) is 3.96. The van der Waals surface area contributed by atoms with E-state index in [2.05, 4.69) is 0 Å². The molecule has 1 N–H and O–H groups in total. The third kappa shape index (κ3) is 2.68. The van der Waals surface area contributed by atoms with E-state index in [4.69, 9.17) is 4.74 Å². The van der Waals surface area contributed by atoms with Gasteiger partial charge < -0.3 is 9.84 Å². The van der Waals surface area contributed by atoms with Crippen LogP contribution in [0.3, 0.4) is 0 Å². The van der Waals surface area contributed by atoms with Gasteiger partial charge in [-0.3, -0.25) is 4.79 Å². The lowest BCUT2D eigenvalue weighted by molar-refractivity contribution is -0.152. The van der Waals surface area contributed by atoms with Gasteiger partial charge in [-0.15, -0.1) is 0 Å². The van der Waals surface area contributed by atoms with Gasteiger partial charge in [0, 0.05) is 17.9 Å². The molecule has 1 rings (SSSR count). The maximum absolute atomic E-state index is 11.0. The summed E-state index contributed by atoms with van der Waals surface area (Å²) in [6.45, 7) is 1.93. The van der Waals surface area contributed by atoms with Gasteiger partial charge in [-0.2, -0.15) is 11.8 Å². The van der Waals surface area contributed by atoms with Crippen molar-refractivity contribution in [3.63, 3.8) is 0 Å². The highest BCUT2D eigenvalue weighted by Crippen LogP contribution is 2.21. The van der Waals surface area contributed by atoms with Gasteiger partial charge in [0.25, 0.3) is 0 Å². The van der Waals surface area contributed by atoms with Crippen molar-refractivity contribution in [3.05, 3.63) is 0 Å². The van der Waals surface area contributed by atoms with Crippen LogP contribution in [0.4, 0.5) is 0 Å². The molecule has 0 aromatic rings. The molecule has 0 aromatic heterocycles. The fourth-order valence-electron chi connectivity index (χ4n) is 1.07. The fraction of sp³-hybridized carbons (Fsp3) is 0.875.